The van der Waals surface area contributed by atoms with E-state index in [0.29, 0.717) is 0 Å². The third kappa shape index (κ3) is 10.4. The van der Waals surface area contributed by atoms with Crippen LogP contribution in [0.25, 0.3) is 0 Å². The predicted octanol–water partition coefficient (Wildman–Crippen LogP) is -1.23. The van der Waals surface area contributed by atoms with E-state index < -0.39 is 0 Å². The Balaban J connectivity index is 2.00. The van der Waals surface area contributed by atoms with Crippen LogP contribution in [-0.2, 0) is 90.7 Å². The quantitative estimate of drug-likeness (QED) is 0.485. The third-order valence-corrected chi connectivity index (χ3v) is 0.500. The van der Waals surface area contributed by atoms with Gasteiger partial charge in [-0.15, -0.1) is 0 Å². The van der Waals surface area contributed by atoms with Crippen molar-refractivity contribution >= 4 is 0 Å². The van der Waals surface area contributed by atoms with E-state index in [0.717, 1.165) is 0 Å². The Morgan fingerprint density at radius 3 is 0.222 bits per heavy atom. The topological polar surface area (TPSA) is 166 Å². The normalized spacial score (nSPS) is 24.0. The molecule has 0 unspecified atom stereocenters. The van der Waals surface area contributed by atoms with Crippen molar-refractivity contribution in [1.29, 1.82) is 0 Å². The Kier molecular flexibility index (Phi) is 10.8. The summed E-state index contributed by atoms with van der Waals surface area (Å²) in [5.74, 6) is 0. The lowest BCUT2D eigenvalue weighted by Gasteiger charge is -2.00. The molecule has 18 heavy (non-hydrogen) atoms. The monoisotopic (exact) mass is 288 g/mol. The van der Waals surface area contributed by atoms with E-state index >= 15 is 0 Å². The number of hydrogen-bond donors (Lipinski definition) is 0. The number of rotatable bonds is 0. The molecule has 1 heterocycles. The second kappa shape index (κ2) is 12.7. The van der Waals surface area contributed by atoms with Gasteiger partial charge in [-0.3, -0.25) is 0 Å². The maximum absolute atomic E-state index is 3.50. The van der Waals surface area contributed by atoms with E-state index in [1.165, 1.54) is 0 Å². The smallest absolute Gasteiger partial charge is 0 e. The molecule has 0 atom stereocenters. The molecule has 0 saturated carbocycles. The Labute approximate surface area is 92.1 Å². The van der Waals surface area contributed by atoms with Crippen molar-refractivity contribution in [2.24, 2.45) is 0 Å². The molecule has 0 spiro atoms. The van der Waals surface area contributed by atoms with E-state index in [1.54, 1.807) is 0 Å². The van der Waals surface area contributed by atoms with Gasteiger partial charge in [-0.05, 0) is 0 Å². The average Bonchev–Trinajstić information content (AvgIpc) is 2.39. The minimum atomic E-state index is 3.50. The van der Waals surface area contributed by atoms with Crippen LogP contribution in [0, 0.1) is 0 Å². The molecule has 0 aromatic heterocycles. The van der Waals surface area contributed by atoms with Gasteiger partial charge in [-0.2, -0.15) is 0 Å². The predicted molar refractivity (Wildman–Crippen MR) is 19.5 cm³/mol. The zero-order chi connectivity index (χ0) is 12.7. The van der Waals surface area contributed by atoms with E-state index in [9.17, 15) is 0 Å². The summed E-state index contributed by atoms with van der Waals surface area (Å²) >= 11 is 0. The van der Waals surface area contributed by atoms with Gasteiger partial charge in [0, 0.05) is 90.7 Å². The molecule has 1 aliphatic heterocycles. The summed E-state index contributed by atoms with van der Waals surface area (Å²) < 4.78 is 0. The molecular weight excluding hydrogens is 288 g/mol. The van der Waals surface area contributed by atoms with Gasteiger partial charge in [0.2, 0.25) is 0 Å². The first kappa shape index (κ1) is 15.3. The van der Waals surface area contributed by atoms with Gasteiger partial charge < -0.3 is 0 Å². The molecule has 0 aliphatic carbocycles. The Morgan fingerprint density at radius 2 is 0.167 bits per heavy atom. The first-order valence-corrected chi connectivity index (χ1v) is 3.00. The molecule has 18 heteroatoms. The molecule has 1 aliphatic rings. The molecule has 1 rings (SSSR count). The van der Waals surface area contributed by atoms with Crippen LogP contribution in [0.2, 0.25) is 0 Å². The second-order valence-corrected chi connectivity index (χ2v) is 1.22. The van der Waals surface area contributed by atoms with Crippen molar-refractivity contribution in [3.05, 3.63) is 0 Å². The lowest BCUT2D eigenvalue weighted by Crippen LogP contribution is -2.07. The molecule has 1 saturated heterocycles. The van der Waals surface area contributed by atoms with Crippen LogP contribution < -0.4 is 0 Å². The van der Waals surface area contributed by atoms with Crippen molar-refractivity contribution in [3.8, 4) is 0 Å². The van der Waals surface area contributed by atoms with Gasteiger partial charge in [0.05, 0.1) is 0 Å². The highest BCUT2D eigenvalue weighted by atomic mass is 18.0. The maximum Gasteiger partial charge on any atom is 0 e. The van der Waals surface area contributed by atoms with Crippen molar-refractivity contribution in [1.82, 2.24) is 0 Å². The average molecular weight is 288 g/mol. The molecule has 18 nitrogen and oxygen atoms in total. The SMILES string of the molecule is O1OOOOOOOOOOOOOOOOO1. The Bertz CT molecular complexity index is 75.1. The molecule has 108 valence electrons. The molecule has 0 N–H and O–H groups in total. The summed E-state index contributed by atoms with van der Waals surface area (Å²) in [6, 6.07) is 0. The molecule has 0 radical (unpaired) electrons. The maximum atomic E-state index is 3.50. The third-order valence-electron chi connectivity index (χ3n) is 0.500. The van der Waals surface area contributed by atoms with Crippen LogP contribution >= 0.6 is 0 Å². The first-order chi connectivity index (χ1) is 9.00. The minimum Gasteiger partial charge on any atom is 0 e. The largest absolute Gasteiger partial charge is 0 e. The highest BCUT2D eigenvalue weighted by Crippen LogP contribution is 1.95. The Morgan fingerprint density at radius 1 is 0.111 bits per heavy atom. The zero-order valence-electron chi connectivity index (χ0n) is 7.35. The summed E-state index contributed by atoms with van der Waals surface area (Å²) in [5, 5.41) is 63.0. The molecule has 0 bridgehead atoms. The van der Waals surface area contributed by atoms with Gasteiger partial charge in [0.15, 0.2) is 0 Å². The zero-order valence-corrected chi connectivity index (χ0v) is 7.35. The fourth-order valence-corrected chi connectivity index (χ4v) is 0.204. The van der Waals surface area contributed by atoms with Crippen LogP contribution in [0.3, 0.4) is 0 Å². The van der Waals surface area contributed by atoms with Gasteiger partial charge in [-0.1, -0.05) is 0 Å². The van der Waals surface area contributed by atoms with Crippen molar-refractivity contribution < 1.29 is 90.7 Å². The molecule has 1 fully saturated rings. The van der Waals surface area contributed by atoms with Crippen molar-refractivity contribution in [2.75, 3.05) is 0 Å². The van der Waals surface area contributed by atoms with Gasteiger partial charge in [-0.25, -0.2) is 0 Å². The lowest BCUT2D eigenvalue weighted by molar-refractivity contribution is -0.914. The minimum absolute atomic E-state index is 3.50. The fraction of sp³-hybridized carbons (Fsp3) is 0. The van der Waals surface area contributed by atoms with Gasteiger partial charge in [0.1, 0.15) is 0 Å². The number of hydrogen-bond acceptors (Lipinski definition) is 18. The van der Waals surface area contributed by atoms with Crippen LogP contribution in [0.15, 0.2) is 0 Å². The van der Waals surface area contributed by atoms with Crippen LogP contribution in [0.5, 0.6) is 0 Å². The molecule has 0 aromatic carbocycles. The van der Waals surface area contributed by atoms with Crippen molar-refractivity contribution in [3.63, 3.8) is 0 Å². The highest BCUT2D eigenvalue weighted by molar-refractivity contribution is 3.10. The van der Waals surface area contributed by atoms with Crippen molar-refractivity contribution in [2.45, 2.75) is 0 Å². The summed E-state index contributed by atoms with van der Waals surface area (Å²) in [4.78, 5) is 0. The molecule has 0 aromatic rings. The summed E-state index contributed by atoms with van der Waals surface area (Å²) in [6.07, 6.45) is 0. The first-order valence-electron chi connectivity index (χ1n) is 3.00. The second-order valence-electron chi connectivity index (χ2n) is 1.22. The molecular formula is O18. The van der Waals surface area contributed by atoms with E-state index in [1.807, 2.05) is 0 Å². The van der Waals surface area contributed by atoms with Crippen LogP contribution in [-0.4, -0.2) is 0 Å². The van der Waals surface area contributed by atoms with Crippen LogP contribution in [0.4, 0.5) is 0 Å². The fourth-order valence-electron chi connectivity index (χ4n) is 0.204. The van der Waals surface area contributed by atoms with E-state index in [4.69, 9.17) is 0 Å². The lowest BCUT2D eigenvalue weighted by atomic mass is 14.0. The Hall–Kier alpha value is -0.720. The summed E-state index contributed by atoms with van der Waals surface area (Å²) in [7, 11) is 0. The standard InChI is InChI=1S/O18/c1-2-4-6-8-10-12-14-16-18-17-15-13-11-9-7-5-3-1. The van der Waals surface area contributed by atoms with E-state index in [2.05, 4.69) is 90.7 Å². The van der Waals surface area contributed by atoms with Crippen LogP contribution in [0.1, 0.15) is 0 Å². The molecule has 0 amide bonds. The summed E-state index contributed by atoms with van der Waals surface area (Å²) in [5.41, 5.74) is 0. The highest BCUT2D eigenvalue weighted by Gasteiger charge is 2.02. The summed E-state index contributed by atoms with van der Waals surface area (Å²) in [6.45, 7) is 0. The van der Waals surface area contributed by atoms with Gasteiger partial charge in [0.25, 0.3) is 0 Å². The van der Waals surface area contributed by atoms with Gasteiger partial charge >= 0.3 is 0 Å². The van der Waals surface area contributed by atoms with E-state index in [-0.39, 0.29) is 0 Å².